The van der Waals surface area contributed by atoms with Gasteiger partial charge in [0.2, 0.25) is 0 Å². The lowest BCUT2D eigenvalue weighted by Crippen LogP contribution is -2.24. The maximum absolute atomic E-state index is 10.7. The Kier molecular flexibility index (Phi) is 4.03. The number of carboxylic acids is 2. The van der Waals surface area contributed by atoms with Gasteiger partial charge in [-0.1, -0.05) is 0 Å². The van der Waals surface area contributed by atoms with Crippen LogP contribution in [0, 0.1) is 12.8 Å². The van der Waals surface area contributed by atoms with Gasteiger partial charge in [-0.2, -0.15) is 0 Å². The number of nitrogens with two attached hydrogens (primary N) is 1. The molecule has 1 heterocycles. The van der Waals surface area contributed by atoms with Gasteiger partial charge in [0.25, 0.3) is 0 Å². The molecule has 0 fully saturated rings. The number of aliphatic carboxylic acids is 2. The van der Waals surface area contributed by atoms with Crippen molar-refractivity contribution in [3.05, 3.63) is 23.4 Å². The van der Waals surface area contributed by atoms with Gasteiger partial charge in [-0.05, 0) is 37.5 Å². The Bertz CT molecular complexity index is 411. The van der Waals surface area contributed by atoms with Crippen LogP contribution in [0.5, 0.6) is 0 Å². The van der Waals surface area contributed by atoms with Gasteiger partial charge in [-0.25, -0.2) is 4.98 Å². The standard InChI is InChI=1S/C11H14N2O4/c1-6-4-7(13-9(12)5-6)2-3-8(10(14)15)11(16)17/h4-5,8H,2-3H2,1H3,(H2,12,13)(H,14,15)(H,16,17). The van der Waals surface area contributed by atoms with Gasteiger partial charge in [0.1, 0.15) is 5.82 Å². The zero-order valence-corrected chi connectivity index (χ0v) is 9.38. The maximum atomic E-state index is 10.7. The number of aryl methyl sites for hydroxylation is 2. The van der Waals surface area contributed by atoms with Crippen LogP contribution in [0.4, 0.5) is 5.82 Å². The molecule has 0 aromatic carbocycles. The van der Waals surface area contributed by atoms with E-state index in [-0.39, 0.29) is 12.8 Å². The number of carboxylic acid groups (broad SMARTS) is 2. The molecule has 0 radical (unpaired) electrons. The number of anilines is 1. The fraction of sp³-hybridized carbons (Fsp3) is 0.364. The van der Waals surface area contributed by atoms with Crippen molar-refractivity contribution in [1.29, 1.82) is 0 Å². The lowest BCUT2D eigenvalue weighted by molar-refractivity contribution is -0.154. The highest BCUT2D eigenvalue weighted by Gasteiger charge is 2.25. The lowest BCUT2D eigenvalue weighted by Gasteiger charge is -2.07. The molecule has 1 aromatic heterocycles. The first-order valence-electron chi connectivity index (χ1n) is 5.09. The van der Waals surface area contributed by atoms with Crippen molar-refractivity contribution in [1.82, 2.24) is 4.98 Å². The number of hydrogen-bond donors (Lipinski definition) is 3. The third kappa shape index (κ3) is 3.75. The molecule has 0 aliphatic rings. The average Bonchev–Trinajstić information content (AvgIpc) is 2.14. The highest BCUT2D eigenvalue weighted by molar-refractivity contribution is 5.92. The Hall–Kier alpha value is -2.11. The topological polar surface area (TPSA) is 114 Å². The monoisotopic (exact) mass is 238 g/mol. The number of carbonyl (C=O) groups is 2. The second kappa shape index (κ2) is 5.29. The van der Waals surface area contributed by atoms with Crippen LogP contribution in [0.2, 0.25) is 0 Å². The molecule has 0 bridgehead atoms. The summed E-state index contributed by atoms with van der Waals surface area (Å²) in [6.07, 6.45) is 0.274. The fourth-order valence-corrected chi connectivity index (χ4v) is 1.54. The molecule has 0 amide bonds. The van der Waals surface area contributed by atoms with Crippen molar-refractivity contribution in [2.45, 2.75) is 19.8 Å². The zero-order chi connectivity index (χ0) is 13.0. The van der Waals surface area contributed by atoms with E-state index in [0.29, 0.717) is 11.5 Å². The van der Waals surface area contributed by atoms with Crippen LogP contribution in [0.25, 0.3) is 0 Å². The molecule has 0 aliphatic carbocycles. The molecular weight excluding hydrogens is 224 g/mol. The van der Waals surface area contributed by atoms with Crippen molar-refractivity contribution in [2.24, 2.45) is 5.92 Å². The van der Waals surface area contributed by atoms with Crippen LogP contribution in [0.1, 0.15) is 17.7 Å². The Balaban J connectivity index is 2.72. The van der Waals surface area contributed by atoms with E-state index in [1.807, 2.05) is 6.92 Å². The lowest BCUT2D eigenvalue weighted by atomic mass is 10.0. The highest BCUT2D eigenvalue weighted by atomic mass is 16.4. The molecule has 92 valence electrons. The van der Waals surface area contributed by atoms with E-state index in [1.54, 1.807) is 12.1 Å². The van der Waals surface area contributed by atoms with Gasteiger partial charge in [-0.15, -0.1) is 0 Å². The summed E-state index contributed by atoms with van der Waals surface area (Å²) in [5.41, 5.74) is 7.06. The molecular formula is C11H14N2O4. The second-order valence-corrected chi connectivity index (χ2v) is 3.83. The summed E-state index contributed by atoms with van der Waals surface area (Å²) in [4.78, 5) is 25.4. The van der Waals surface area contributed by atoms with Gasteiger partial charge < -0.3 is 15.9 Å². The summed E-state index contributed by atoms with van der Waals surface area (Å²) >= 11 is 0. The minimum absolute atomic E-state index is 0.000556. The van der Waals surface area contributed by atoms with Gasteiger partial charge in [-0.3, -0.25) is 9.59 Å². The minimum Gasteiger partial charge on any atom is -0.481 e. The molecule has 6 heteroatoms. The Morgan fingerprint density at radius 3 is 2.41 bits per heavy atom. The molecule has 6 nitrogen and oxygen atoms in total. The highest BCUT2D eigenvalue weighted by Crippen LogP contribution is 2.12. The number of pyridine rings is 1. The van der Waals surface area contributed by atoms with Gasteiger partial charge >= 0.3 is 11.9 Å². The van der Waals surface area contributed by atoms with Crippen LogP contribution >= 0.6 is 0 Å². The van der Waals surface area contributed by atoms with E-state index in [9.17, 15) is 9.59 Å². The number of nitrogen functional groups attached to an aromatic ring is 1. The molecule has 1 aromatic rings. The van der Waals surface area contributed by atoms with Crippen LogP contribution < -0.4 is 5.73 Å². The summed E-state index contributed by atoms with van der Waals surface area (Å²) < 4.78 is 0. The molecule has 4 N–H and O–H groups in total. The van der Waals surface area contributed by atoms with E-state index < -0.39 is 17.9 Å². The average molecular weight is 238 g/mol. The molecule has 0 unspecified atom stereocenters. The smallest absolute Gasteiger partial charge is 0.317 e. The Morgan fingerprint density at radius 2 is 1.94 bits per heavy atom. The van der Waals surface area contributed by atoms with Gasteiger partial charge in [0, 0.05) is 5.69 Å². The quantitative estimate of drug-likeness (QED) is 0.650. The number of nitrogens with zero attached hydrogens (tertiary/aromatic N) is 1. The molecule has 0 saturated heterocycles. The minimum atomic E-state index is -1.40. The third-order valence-corrected chi connectivity index (χ3v) is 2.33. The summed E-state index contributed by atoms with van der Waals surface area (Å²) in [7, 11) is 0. The van der Waals surface area contributed by atoms with Crippen molar-refractivity contribution >= 4 is 17.8 Å². The molecule has 0 spiro atoms. The summed E-state index contributed by atoms with van der Waals surface area (Å²) in [6, 6.07) is 3.45. The number of aromatic nitrogens is 1. The van der Waals surface area contributed by atoms with E-state index in [0.717, 1.165) is 5.56 Å². The van der Waals surface area contributed by atoms with Crippen LogP contribution in [0.15, 0.2) is 12.1 Å². The number of rotatable bonds is 5. The molecule has 1 rings (SSSR count). The Morgan fingerprint density at radius 1 is 1.35 bits per heavy atom. The fourth-order valence-electron chi connectivity index (χ4n) is 1.54. The van der Waals surface area contributed by atoms with E-state index in [1.165, 1.54) is 0 Å². The summed E-state index contributed by atoms with van der Waals surface area (Å²) in [5, 5.41) is 17.4. The third-order valence-electron chi connectivity index (χ3n) is 2.33. The Labute approximate surface area is 98.1 Å². The summed E-state index contributed by atoms with van der Waals surface area (Å²) in [6.45, 7) is 1.84. The first-order valence-corrected chi connectivity index (χ1v) is 5.09. The van der Waals surface area contributed by atoms with E-state index in [4.69, 9.17) is 15.9 Å². The largest absolute Gasteiger partial charge is 0.481 e. The van der Waals surface area contributed by atoms with Crippen LogP contribution in [-0.2, 0) is 16.0 Å². The number of hydrogen-bond acceptors (Lipinski definition) is 4. The van der Waals surface area contributed by atoms with E-state index >= 15 is 0 Å². The molecule has 0 atom stereocenters. The van der Waals surface area contributed by atoms with Crippen molar-refractivity contribution in [3.63, 3.8) is 0 Å². The van der Waals surface area contributed by atoms with Crippen LogP contribution in [-0.4, -0.2) is 27.1 Å². The van der Waals surface area contributed by atoms with Crippen molar-refractivity contribution < 1.29 is 19.8 Å². The van der Waals surface area contributed by atoms with Gasteiger partial charge in [0.05, 0.1) is 0 Å². The molecule has 0 aliphatic heterocycles. The maximum Gasteiger partial charge on any atom is 0.317 e. The van der Waals surface area contributed by atoms with E-state index in [2.05, 4.69) is 4.98 Å². The first-order chi connectivity index (χ1) is 7.90. The van der Waals surface area contributed by atoms with Crippen LogP contribution in [0.3, 0.4) is 0 Å². The second-order valence-electron chi connectivity index (χ2n) is 3.83. The first kappa shape index (κ1) is 13.0. The van der Waals surface area contributed by atoms with Crippen molar-refractivity contribution in [3.8, 4) is 0 Å². The molecule has 0 saturated carbocycles. The SMILES string of the molecule is Cc1cc(N)nc(CCC(C(=O)O)C(=O)O)c1. The normalized spacial score (nSPS) is 10.5. The predicted octanol–water partition coefficient (Wildman–Crippen LogP) is 0.690. The molecule has 17 heavy (non-hydrogen) atoms. The summed E-state index contributed by atoms with van der Waals surface area (Å²) in [5.74, 6) is -3.73. The zero-order valence-electron chi connectivity index (χ0n) is 9.38. The predicted molar refractivity (Wildman–Crippen MR) is 60.5 cm³/mol. The van der Waals surface area contributed by atoms with Gasteiger partial charge in [0.15, 0.2) is 5.92 Å². The van der Waals surface area contributed by atoms with Crippen molar-refractivity contribution in [2.75, 3.05) is 5.73 Å².